The minimum atomic E-state index is -0.512. The van der Waals surface area contributed by atoms with Gasteiger partial charge in [-0.15, -0.1) is 0 Å². The number of nitrogens with zero attached hydrogens (tertiary/aromatic N) is 3. The Morgan fingerprint density at radius 2 is 1.83 bits per heavy atom. The summed E-state index contributed by atoms with van der Waals surface area (Å²) < 4.78 is 16.0. The van der Waals surface area contributed by atoms with Crippen LogP contribution in [0, 0.1) is 0 Å². The van der Waals surface area contributed by atoms with Crippen LogP contribution in [-0.4, -0.2) is 41.4 Å². The summed E-state index contributed by atoms with van der Waals surface area (Å²) in [5.74, 6) is 1.56. The number of aromatic nitrogens is 3. The number of hydrogen-bond donors (Lipinski definition) is 1. The zero-order valence-electron chi connectivity index (χ0n) is 16.3. The van der Waals surface area contributed by atoms with Gasteiger partial charge < -0.3 is 14.2 Å². The van der Waals surface area contributed by atoms with Crippen LogP contribution in [0.4, 0.5) is 10.6 Å². The van der Waals surface area contributed by atoms with Gasteiger partial charge in [0.25, 0.3) is 0 Å². The molecule has 8 heteroatoms. The predicted octanol–water partition coefficient (Wildman–Crippen LogP) is 4.20. The van der Waals surface area contributed by atoms with Gasteiger partial charge in [0.15, 0.2) is 23.0 Å². The monoisotopic (exact) mass is 394 g/mol. The highest BCUT2D eigenvalue weighted by atomic mass is 16.6. The van der Waals surface area contributed by atoms with Gasteiger partial charge in [0.05, 0.1) is 26.1 Å². The molecule has 0 aliphatic heterocycles. The topological polar surface area (TPSA) is 95.5 Å². The molecular formula is C21H22N4O4. The summed E-state index contributed by atoms with van der Waals surface area (Å²) in [5.41, 5.74) is 2.61. The van der Waals surface area contributed by atoms with Gasteiger partial charge in [-0.3, -0.25) is 5.32 Å². The van der Waals surface area contributed by atoms with Crippen molar-refractivity contribution < 1.29 is 19.0 Å². The lowest BCUT2D eigenvalue weighted by atomic mass is 10.1. The Labute approximate surface area is 168 Å². The van der Waals surface area contributed by atoms with E-state index >= 15 is 0 Å². The van der Waals surface area contributed by atoms with Crippen LogP contribution in [0.1, 0.15) is 25.7 Å². The van der Waals surface area contributed by atoms with Crippen LogP contribution < -0.4 is 14.8 Å². The molecule has 8 nitrogen and oxygen atoms in total. The fraction of sp³-hybridized carbons (Fsp3) is 0.333. The second-order valence-corrected chi connectivity index (χ2v) is 6.80. The summed E-state index contributed by atoms with van der Waals surface area (Å²) in [5, 5.41) is 2.64. The number of carbonyl (C=O) groups excluding carboxylic acids is 1. The molecule has 1 amide bonds. The van der Waals surface area contributed by atoms with E-state index in [1.54, 1.807) is 14.2 Å². The standard InChI is InChI=1S/C21H22N4O4/c1-27-17-10-7-13(11-18(17)28-2)15-8-9-16-20(23-15)24-19(12-22-16)25-21(26)29-14-5-3-4-6-14/h7-12,14H,3-6H2,1-2H3,(H,23,24,25,26). The van der Waals surface area contributed by atoms with Gasteiger partial charge in [-0.25, -0.2) is 19.7 Å². The molecule has 0 atom stereocenters. The molecule has 0 unspecified atom stereocenters. The summed E-state index contributed by atoms with van der Waals surface area (Å²) in [4.78, 5) is 25.4. The van der Waals surface area contributed by atoms with Gasteiger partial charge >= 0.3 is 6.09 Å². The molecule has 0 spiro atoms. The normalized spacial score (nSPS) is 14.0. The second kappa shape index (κ2) is 8.30. The Hall–Kier alpha value is -3.42. The first-order valence-corrected chi connectivity index (χ1v) is 9.50. The largest absolute Gasteiger partial charge is 0.493 e. The number of benzene rings is 1. The number of pyridine rings is 1. The van der Waals surface area contributed by atoms with Gasteiger partial charge in [0.2, 0.25) is 0 Å². The summed E-state index contributed by atoms with van der Waals surface area (Å²) >= 11 is 0. The molecule has 0 saturated heterocycles. The SMILES string of the molecule is COc1ccc(-c2ccc3ncc(NC(=O)OC4CCCC4)nc3n2)cc1OC. The lowest BCUT2D eigenvalue weighted by Crippen LogP contribution is -2.20. The van der Waals surface area contributed by atoms with Gasteiger partial charge in [0, 0.05) is 5.56 Å². The van der Waals surface area contributed by atoms with E-state index in [0.717, 1.165) is 31.2 Å². The lowest BCUT2D eigenvalue weighted by molar-refractivity contribution is 0.114. The van der Waals surface area contributed by atoms with E-state index in [-0.39, 0.29) is 6.10 Å². The molecule has 2 heterocycles. The third kappa shape index (κ3) is 4.21. The number of anilines is 1. The lowest BCUT2D eigenvalue weighted by Gasteiger charge is -2.12. The average molecular weight is 394 g/mol. The maximum atomic E-state index is 12.1. The second-order valence-electron chi connectivity index (χ2n) is 6.80. The van der Waals surface area contributed by atoms with Crippen LogP contribution >= 0.6 is 0 Å². The smallest absolute Gasteiger partial charge is 0.413 e. The van der Waals surface area contributed by atoms with E-state index in [1.807, 2.05) is 30.3 Å². The molecule has 1 aliphatic rings. The Morgan fingerprint density at radius 3 is 2.59 bits per heavy atom. The highest BCUT2D eigenvalue weighted by Gasteiger charge is 2.19. The Bertz CT molecular complexity index is 1030. The summed E-state index contributed by atoms with van der Waals surface area (Å²) in [6, 6.07) is 9.26. The number of ether oxygens (including phenoxy) is 3. The number of fused-ring (bicyclic) bond motifs is 1. The molecule has 1 aliphatic carbocycles. The van der Waals surface area contributed by atoms with Crippen LogP contribution in [0.25, 0.3) is 22.4 Å². The Balaban J connectivity index is 1.57. The number of hydrogen-bond acceptors (Lipinski definition) is 7. The maximum Gasteiger partial charge on any atom is 0.413 e. The highest BCUT2D eigenvalue weighted by molar-refractivity contribution is 5.85. The molecule has 3 aromatic rings. The van der Waals surface area contributed by atoms with Crippen molar-refractivity contribution in [2.75, 3.05) is 19.5 Å². The number of carbonyl (C=O) groups is 1. The van der Waals surface area contributed by atoms with Crippen LogP contribution in [0.5, 0.6) is 11.5 Å². The van der Waals surface area contributed by atoms with E-state index in [9.17, 15) is 4.79 Å². The van der Waals surface area contributed by atoms with E-state index < -0.39 is 6.09 Å². The van der Waals surface area contributed by atoms with Crippen LogP contribution in [-0.2, 0) is 4.74 Å². The molecule has 4 rings (SSSR count). The van der Waals surface area contributed by atoms with Crippen molar-refractivity contribution in [2.24, 2.45) is 0 Å². The molecule has 1 saturated carbocycles. The van der Waals surface area contributed by atoms with Gasteiger partial charge in [-0.05, 0) is 56.0 Å². The predicted molar refractivity (Wildman–Crippen MR) is 108 cm³/mol. The van der Waals surface area contributed by atoms with Crippen molar-refractivity contribution in [3.63, 3.8) is 0 Å². The number of nitrogens with one attached hydrogen (secondary N) is 1. The van der Waals surface area contributed by atoms with E-state index in [1.165, 1.54) is 6.20 Å². The van der Waals surface area contributed by atoms with Crippen molar-refractivity contribution in [2.45, 2.75) is 31.8 Å². The minimum Gasteiger partial charge on any atom is -0.493 e. The molecule has 1 aromatic carbocycles. The number of methoxy groups -OCH3 is 2. The third-order valence-corrected chi connectivity index (χ3v) is 4.89. The molecule has 0 radical (unpaired) electrons. The van der Waals surface area contributed by atoms with Crippen molar-refractivity contribution in [3.8, 4) is 22.8 Å². The Kier molecular flexibility index (Phi) is 5.41. The van der Waals surface area contributed by atoms with Crippen molar-refractivity contribution >= 4 is 23.1 Å². The first-order chi connectivity index (χ1) is 14.2. The third-order valence-electron chi connectivity index (χ3n) is 4.89. The first-order valence-electron chi connectivity index (χ1n) is 9.50. The molecule has 29 heavy (non-hydrogen) atoms. The summed E-state index contributed by atoms with van der Waals surface area (Å²) in [6.07, 6.45) is 4.98. The Morgan fingerprint density at radius 1 is 1.03 bits per heavy atom. The van der Waals surface area contributed by atoms with Crippen molar-refractivity contribution in [1.82, 2.24) is 15.0 Å². The quantitative estimate of drug-likeness (QED) is 0.693. The number of amides is 1. The zero-order valence-corrected chi connectivity index (χ0v) is 16.3. The van der Waals surface area contributed by atoms with E-state index in [0.29, 0.717) is 34.2 Å². The van der Waals surface area contributed by atoms with Gasteiger partial charge in [-0.2, -0.15) is 0 Å². The van der Waals surface area contributed by atoms with E-state index in [2.05, 4.69) is 20.3 Å². The number of rotatable bonds is 5. The zero-order chi connectivity index (χ0) is 20.2. The molecule has 1 fully saturated rings. The van der Waals surface area contributed by atoms with Gasteiger partial charge in [0.1, 0.15) is 11.6 Å². The molecule has 150 valence electrons. The molecule has 1 N–H and O–H groups in total. The molecule has 2 aromatic heterocycles. The first kappa shape index (κ1) is 18.9. The van der Waals surface area contributed by atoms with Crippen molar-refractivity contribution in [1.29, 1.82) is 0 Å². The van der Waals surface area contributed by atoms with Crippen LogP contribution in [0.2, 0.25) is 0 Å². The minimum absolute atomic E-state index is 0.0156. The summed E-state index contributed by atoms with van der Waals surface area (Å²) in [6.45, 7) is 0. The van der Waals surface area contributed by atoms with Crippen LogP contribution in [0.15, 0.2) is 36.5 Å². The van der Waals surface area contributed by atoms with Gasteiger partial charge in [-0.1, -0.05) is 0 Å². The fourth-order valence-electron chi connectivity index (χ4n) is 3.41. The average Bonchev–Trinajstić information content (AvgIpc) is 3.25. The highest BCUT2D eigenvalue weighted by Crippen LogP contribution is 2.32. The summed E-state index contributed by atoms with van der Waals surface area (Å²) in [7, 11) is 3.18. The van der Waals surface area contributed by atoms with Crippen molar-refractivity contribution in [3.05, 3.63) is 36.5 Å². The van der Waals surface area contributed by atoms with Crippen LogP contribution in [0.3, 0.4) is 0 Å². The fourth-order valence-corrected chi connectivity index (χ4v) is 3.41. The molecule has 0 bridgehead atoms. The van der Waals surface area contributed by atoms with E-state index in [4.69, 9.17) is 14.2 Å². The molecular weight excluding hydrogens is 372 g/mol. The maximum absolute atomic E-state index is 12.1.